The van der Waals surface area contributed by atoms with Gasteiger partial charge < -0.3 is 16.4 Å². The van der Waals surface area contributed by atoms with Gasteiger partial charge in [0.05, 0.1) is 5.41 Å². The van der Waals surface area contributed by atoms with Crippen LogP contribution in [0.15, 0.2) is 29.3 Å². The number of nitrogens with two attached hydrogens (primary N) is 1. The molecule has 8 heteroatoms. The van der Waals surface area contributed by atoms with Crippen LogP contribution in [0.5, 0.6) is 0 Å². The van der Waals surface area contributed by atoms with Crippen molar-refractivity contribution >= 4 is 41.3 Å². The first-order valence-corrected chi connectivity index (χ1v) is 8.08. The van der Waals surface area contributed by atoms with E-state index >= 15 is 0 Å². The van der Waals surface area contributed by atoms with Gasteiger partial charge in [0.2, 0.25) is 11.9 Å². The van der Waals surface area contributed by atoms with E-state index < -0.39 is 11.3 Å². The van der Waals surface area contributed by atoms with Crippen LogP contribution < -0.4 is 16.4 Å². The van der Waals surface area contributed by atoms with Gasteiger partial charge in [0, 0.05) is 11.8 Å². The predicted molar refractivity (Wildman–Crippen MR) is 94.5 cm³/mol. The second kappa shape index (κ2) is 5.23. The van der Waals surface area contributed by atoms with Crippen molar-refractivity contribution in [3.8, 4) is 0 Å². The summed E-state index contributed by atoms with van der Waals surface area (Å²) in [5, 5.41) is 5.44. The standard InChI is InChI=1S/C17H18N6O2/c1-8(2)14(24)20-12-11-13(23-16(18)22-12)21-15(25)17(7-19-11)6-9-3-4-10(17)5-9/h3-4,7,9-10H,1,5-6H2,2H3,(H4,18,20,21,22,23,24,25). The van der Waals surface area contributed by atoms with Crippen LogP contribution in [-0.4, -0.2) is 28.0 Å². The molecule has 4 rings (SSSR count). The van der Waals surface area contributed by atoms with Gasteiger partial charge in [-0.3, -0.25) is 14.6 Å². The summed E-state index contributed by atoms with van der Waals surface area (Å²) in [6.07, 6.45) is 7.58. The minimum Gasteiger partial charge on any atom is -0.368 e. The fourth-order valence-corrected chi connectivity index (χ4v) is 3.75. The van der Waals surface area contributed by atoms with Gasteiger partial charge in [-0.1, -0.05) is 18.7 Å². The summed E-state index contributed by atoms with van der Waals surface area (Å²) >= 11 is 0. The summed E-state index contributed by atoms with van der Waals surface area (Å²) in [6.45, 7) is 5.18. The van der Waals surface area contributed by atoms with Crippen LogP contribution in [0.3, 0.4) is 0 Å². The molecule has 3 aliphatic rings. The second-order valence-corrected chi connectivity index (χ2v) is 6.81. The third-order valence-corrected chi connectivity index (χ3v) is 5.03. The van der Waals surface area contributed by atoms with Crippen LogP contribution in [0.4, 0.5) is 23.3 Å². The molecule has 2 heterocycles. The monoisotopic (exact) mass is 338 g/mol. The lowest BCUT2D eigenvalue weighted by molar-refractivity contribution is -0.123. The number of nitrogens with one attached hydrogen (secondary N) is 2. The molecule has 2 aliphatic carbocycles. The number of carbonyl (C=O) groups is 2. The number of nitrogen functional groups attached to an aromatic ring is 1. The van der Waals surface area contributed by atoms with Crippen LogP contribution in [0.25, 0.3) is 0 Å². The number of carbonyl (C=O) groups excluding carboxylic acids is 2. The Morgan fingerprint density at radius 1 is 1.44 bits per heavy atom. The molecule has 1 aliphatic heterocycles. The van der Waals surface area contributed by atoms with Crippen LogP contribution >= 0.6 is 0 Å². The fourth-order valence-electron chi connectivity index (χ4n) is 3.75. The highest BCUT2D eigenvalue weighted by molar-refractivity contribution is 6.12. The smallest absolute Gasteiger partial charge is 0.251 e. The topological polar surface area (TPSA) is 122 Å². The second-order valence-electron chi connectivity index (χ2n) is 6.81. The Morgan fingerprint density at radius 2 is 2.24 bits per heavy atom. The van der Waals surface area contributed by atoms with Crippen molar-refractivity contribution < 1.29 is 9.59 Å². The van der Waals surface area contributed by atoms with Gasteiger partial charge in [0.1, 0.15) is 5.69 Å². The van der Waals surface area contributed by atoms with Crippen molar-refractivity contribution in [3.05, 3.63) is 24.3 Å². The largest absolute Gasteiger partial charge is 0.368 e. The quantitative estimate of drug-likeness (QED) is 0.560. The molecule has 1 aromatic rings. The maximum absolute atomic E-state index is 12.9. The maximum Gasteiger partial charge on any atom is 0.251 e. The number of aliphatic imine (C=N–C) groups is 1. The number of nitrogens with zero attached hydrogens (tertiary/aromatic N) is 3. The maximum atomic E-state index is 12.9. The van der Waals surface area contributed by atoms with E-state index in [1.54, 1.807) is 13.1 Å². The molecular formula is C17H18N6O2. The van der Waals surface area contributed by atoms with Crippen molar-refractivity contribution in [2.45, 2.75) is 19.8 Å². The summed E-state index contributed by atoms with van der Waals surface area (Å²) in [6, 6.07) is 0. The van der Waals surface area contributed by atoms with E-state index in [1.165, 1.54) is 0 Å². The molecule has 2 amide bonds. The number of hydrogen-bond acceptors (Lipinski definition) is 6. The van der Waals surface area contributed by atoms with Gasteiger partial charge in [-0.15, -0.1) is 0 Å². The summed E-state index contributed by atoms with van der Waals surface area (Å²) in [5.74, 6) is 0.259. The highest BCUT2D eigenvalue weighted by atomic mass is 16.2. The molecular weight excluding hydrogens is 320 g/mol. The van der Waals surface area contributed by atoms with Gasteiger partial charge in [-0.25, -0.2) is 0 Å². The SMILES string of the molecule is C=C(C)C(=O)Nc1nc(N)nc2c1N=CC1(CC3C=CC1C3)C(=O)N2. The average Bonchev–Trinajstić information content (AvgIpc) is 3.11. The van der Waals surface area contributed by atoms with Crippen molar-refractivity contribution in [3.63, 3.8) is 0 Å². The van der Waals surface area contributed by atoms with E-state index in [4.69, 9.17) is 5.73 Å². The van der Waals surface area contributed by atoms with Crippen LogP contribution in [0.1, 0.15) is 19.8 Å². The lowest BCUT2D eigenvalue weighted by Crippen LogP contribution is -2.40. The molecule has 0 aromatic carbocycles. The third-order valence-electron chi connectivity index (χ3n) is 5.03. The van der Waals surface area contributed by atoms with Gasteiger partial charge in [0.25, 0.3) is 5.91 Å². The Labute approximate surface area is 144 Å². The molecule has 2 bridgehead atoms. The van der Waals surface area contributed by atoms with Crippen molar-refractivity contribution in [1.82, 2.24) is 9.97 Å². The van der Waals surface area contributed by atoms with E-state index in [-0.39, 0.29) is 29.4 Å². The summed E-state index contributed by atoms with van der Waals surface area (Å²) in [7, 11) is 0. The molecule has 0 saturated heterocycles. The van der Waals surface area contributed by atoms with Gasteiger partial charge in [-0.2, -0.15) is 9.97 Å². The van der Waals surface area contributed by atoms with Crippen molar-refractivity contribution in [2.75, 3.05) is 16.4 Å². The highest BCUT2D eigenvalue weighted by Crippen LogP contribution is 2.53. The van der Waals surface area contributed by atoms with Crippen LogP contribution in [0, 0.1) is 17.3 Å². The lowest BCUT2D eigenvalue weighted by Gasteiger charge is -2.28. The Bertz CT molecular complexity index is 874. The molecule has 128 valence electrons. The van der Waals surface area contributed by atoms with E-state index in [9.17, 15) is 9.59 Å². The average molecular weight is 338 g/mol. The van der Waals surface area contributed by atoms with Crippen LogP contribution in [-0.2, 0) is 9.59 Å². The van der Waals surface area contributed by atoms with E-state index in [0.29, 0.717) is 23.6 Å². The molecule has 1 saturated carbocycles. The number of aromatic nitrogens is 2. The first kappa shape index (κ1) is 15.5. The predicted octanol–water partition coefficient (Wildman–Crippen LogP) is 1.81. The molecule has 3 atom stereocenters. The summed E-state index contributed by atoms with van der Waals surface area (Å²) < 4.78 is 0. The summed E-state index contributed by atoms with van der Waals surface area (Å²) in [5.41, 5.74) is 5.65. The van der Waals surface area contributed by atoms with Gasteiger partial charge in [0.15, 0.2) is 11.6 Å². The molecule has 25 heavy (non-hydrogen) atoms. The minimum absolute atomic E-state index is 0.0601. The van der Waals surface area contributed by atoms with E-state index in [1.807, 2.05) is 0 Å². The van der Waals surface area contributed by atoms with Crippen molar-refractivity contribution in [1.29, 1.82) is 0 Å². The zero-order chi connectivity index (χ0) is 17.8. The molecule has 8 nitrogen and oxygen atoms in total. The Hall–Kier alpha value is -3.03. The number of rotatable bonds is 2. The zero-order valence-corrected chi connectivity index (χ0v) is 13.7. The van der Waals surface area contributed by atoms with Crippen LogP contribution in [0.2, 0.25) is 0 Å². The Morgan fingerprint density at radius 3 is 2.88 bits per heavy atom. The number of hydrogen-bond donors (Lipinski definition) is 3. The molecule has 1 spiro atoms. The van der Waals surface area contributed by atoms with Gasteiger partial charge >= 0.3 is 0 Å². The van der Waals surface area contributed by atoms with Crippen molar-refractivity contribution in [2.24, 2.45) is 22.2 Å². The zero-order valence-electron chi connectivity index (χ0n) is 13.7. The third kappa shape index (κ3) is 2.33. The molecule has 1 aromatic heterocycles. The molecule has 1 fully saturated rings. The Balaban J connectivity index is 1.77. The molecule has 3 unspecified atom stereocenters. The van der Waals surface area contributed by atoms with E-state index in [2.05, 4.69) is 44.3 Å². The number of allylic oxidation sites excluding steroid dienone is 2. The normalized spacial score (nSPS) is 28.6. The fraction of sp³-hybridized carbons (Fsp3) is 0.353. The highest BCUT2D eigenvalue weighted by Gasteiger charge is 2.53. The van der Waals surface area contributed by atoms with E-state index in [0.717, 1.165) is 6.42 Å². The first-order valence-electron chi connectivity index (χ1n) is 8.08. The first-order chi connectivity index (χ1) is 11.9. The minimum atomic E-state index is -0.690. The lowest BCUT2D eigenvalue weighted by atomic mass is 9.76. The molecule has 0 radical (unpaired) electrons. The Kier molecular flexibility index (Phi) is 3.24. The number of fused-ring (bicyclic) bond motifs is 4. The number of amides is 2. The van der Waals surface area contributed by atoms with Gasteiger partial charge in [-0.05, 0) is 31.6 Å². The number of anilines is 3. The molecule has 4 N–H and O–H groups in total. The summed E-state index contributed by atoms with van der Waals surface area (Å²) in [4.78, 5) is 37.5.